The van der Waals surface area contributed by atoms with E-state index in [1.165, 1.54) is 13.2 Å². The highest BCUT2D eigenvalue weighted by Gasteiger charge is 2.15. The first-order valence-corrected chi connectivity index (χ1v) is 12.0. The summed E-state index contributed by atoms with van der Waals surface area (Å²) in [6, 6.07) is 18.8. The number of nitriles is 1. The van der Waals surface area contributed by atoms with Gasteiger partial charge in [0.1, 0.15) is 24.0 Å². The summed E-state index contributed by atoms with van der Waals surface area (Å²) in [5.74, 6) is 1.08. The molecule has 3 rings (SSSR count). The second-order valence-corrected chi connectivity index (χ2v) is 9.35. The molecule has 1 amide bonds. The van der Waals surface area contributed by atoms with Crippen LogP contribution in [0.3, 0.4) is 0 Å². The minimum atomic E-state index is -0.532. The molecule has 0 unspecified atom stereocenters. The number of amides is 1. The number of anilines is 1. The minimum absolute atomic E-state index is 0.0510. The number of benzene rings is 3. The summed E-state index contributed by atoms with van der Waals surface area (Å²) in [6.07, 6.45) is 1.51. The zero-order chi connectivity index (χ0) is 24.7. The van der Waals surface area contributed by atoms with Crippen LogP contribution in [0.15, 0.2) is 64.6 Å². The van der Waals surface area contributed by atoms with Gasteiger partial charge in [-0.25, -0.2) is 0 Å². The standard InChI is InChI=1S/C26H22BrIN2O4/c1-16-4-9-23(32-2)22(10-16)30-26(31)19(14-29)11-18-12-21(28)25(24(13-18)33-3)34-15-17-5-7-20(27)8-6-17/h4-13H,15H2,1-3H3,(H,30,31)/b19-11+. The lowest BCUT2D eigenvalue weighted by Crippen LogP contribution is -2.14. The fourth-order valence-corrected chi connectivity index (χ4v) is 4.17. The van der Waals surface area contributed by atoms with E-state index in [1.54, 1.807) is 25.3 Å². The number of methoxy groups -OCH3 is 2. The van der Waals surface area contributed by atoms with E-state index in [0.29, 0.717) is 35.1 Å². The molecule has 0 spiro atoms. The molecular weight excluding hydrogens is 611 g/mol. The molecule has 0 saturated heterocycles. The number of nitrogens with zero attached hydrogens (tertiary/aromatic N) is 1. The summed E-state index contributed by atoms with van der Waals surface area (Å²) < 4.78 is 18.6. The smallest absolute Gasteiger partial charge is 0.266 e. The molecule has 8 heteroatoms. The van der Waals surface area contributed by atoms with Crippen molar-refractivity contribution in [2.45, 2.75) is 13.5 Å². The number of aryl methyl sites for hydroxylation is 1. The lowest BCUT2D eigenvalue weighted by Gasteiger charge is -2.14. The molecular formula is C26H22BrIN2O4. The van der Waals surface area contributed by atoms with Crippen LogP contribution in [0.4, 0.5) is 5.69 Å². The summed E-state index contributed by atoms with van der Waals surface area (Å²) in [6.45, 7) is 2.28. The van der Waals surface area contributed by atoms with Crippen molar-refractivity contribution in [2.24, 2.45) is 0 Å². The van der Waals surface area contributed by atoms with E-state index in [0.717, 1.165) is 19.2 Å². The highest BCUT2D eigenvalue weighted by Crippen LogP contribution is 2.35. The Kier molecular flexibility index (Phi) is 8.96. The molecule has 6 nitrogen and oxygen atoms in total. The summed E-state index contributed by atoms with van der Waals surface area (Å²) in [5.41, 5.74) is 3.05. The third-order valence-corrected chi connectivity index (χ3v) is 6.16. The maximum Gasteiger partial charge on any atom is 0.266 e. The van der Waals surface area contributed by atoms with Crippen LogP contribution >= 0.6 is 38.5 Å². The second-order valence-electron chi connectivity index (χ2n) is 7.28. The quantitative estimate of drug-likeness (QED) is 0.174. The number of carbonyl (C=O) groups is 1. The van der Waals surface area contributed by atoms with Crippen molar-refractivity contribution in [3.63, 3.8) is 0 Å². The molecule has 0 atom stereocenters. The van der Waals surface area contributed by atoms with Crippen LogP contribution in [0.25, 0.3) is 6.08 Å². The molecule has 34 heavy (non-hydrogen) atoms. The fourth-order valence-electron chi connectivity index (χ4n) is 3.12. The molecule has 0 heterocycles. The number of carbonyl (C=O) groups excluding carboxylic acids is 1. The Morgan fingerprint density at radius 2 is 1.79 bits per heavy atom. The van der Waals surface area contributed by atoms with Gasteiger partial charge in [0.25, 0.3) is 5.91 Å². The van der Waals surface area contributed by atoms with Gasteiger partial charge in [-0.15, -0.1) is 0 Å². The van der Waals surface area contributed by atoms with Gasteiger partial charge in [0.05, 0.1) is 23.5 Å². The highest BCUT2D eigenvalue weighted by molar-refractivity contribution is 14.1. The van der Waals surface area contributed by atoms with E-state index in [-0.39, 0.29) is 5.57 Å². The first-order valence-electron chi connectivity index (χ1n) is 10.2. The predicted octanol–water partition coefficient (Wildman–Crippen LogP) is 6.50. The van der Waals surface area contributed by atoms with Gasteiger partial charge in [0, 0.05) is 4.47 Å². The third kappa shape index (κ3) is 6.52. The Labute approximate surface area is 220 Å². The van der Waals surface area contributed by atoms with Crippen LogP contribution in [0.1, 0.15) is 16.7 Å². The van der Waals surface area contributed by atoms with Gasteiger partial charge in [-0.1, -0.05) is 34.1 Å². The van der Waals surface area contributed by atoms with E-state index in [2.05, 4.69) is 43.8 Å². The van der Waals surface area contributed by atoms with Crippen molar-refractivity contribution >= 4 is 56.2 Å². The van der Waals surface area contributed by atoms with E-state index in [9.17, 15) is 10.1 Å². The Morgan fingerprint density at radius 3 is 2.44 bits per heavy atom. The number of ether oxygens (including phenoxy) is 3. The van der Waals surface area contributed by atoms with Gasteiger partial charge < -0.3 is 19.5 Å². The first-order chi connectivity index (χ1) is 16.3. The van der Waals surface area contributed by atoms with Crippen molar-refractivity contribution in [3.8, 4) is 23.3 Å². The van der Waals surface area contributed by atoms with Gasteiger partial charge in [0.15, 0.2) is 11.5 Å². The van der Waals surface area contributed by atoms with Crippen LogP contribution in [0.5, 0.6) is 17.2 Å². The molecule has 3 aromatic rings. The largest absolute Gasteiger partial charge is 0.495 e. The van der Waals surface area contributed by atoms with E-state index >= 15 is 0 Å². The van der Waals surface area contributed by atoms with Gasteiger partial charge in [-0.3, -0.25) is 4.79 Å². The zero-order valence-corrected chi connectivity index (χ0v) is 22.6. The third-order valence-electron chi connectivity index (χ3n) is 4.83. The maximum atomic E-state index is 12.8. The average Bonchev–Trinajstić information content (AvgIpc) is 2.82. The summed E-state index contributed by atoms with van der Waals surface area (Å²) in [5, 5.41) is 12.4. The minimum Gasteiger partial charge on any atom is -0.495 e. The molecule has 0 aliphatic heterocycles. The maximum absolute atomic E-state index is 12.8. The average molecular weight is 633 g/mol. The van der Waals surface area contributed by atoms with E-state index in [4.69, 9.17) is 14.2 Å². The van der Waals surface area contributed by atoms with E-state index in [1.807, 2.05) is 49.4 Å². The summed E-state index contributed by atoms with van der Waals surface area (Å²) >= 11 is 5.57. The monoisotopic (exact) mass is 632 g/mol. The van der Waals surface area contributed by atoms with Gasteiger partial charge in [-0.2, -0.15) is 5.26 Å². The van der Waals surface area contributed by atoms with Crippen molar-refractivity contribution in [1.29, 1.82) is 5.26 Å². The van der Waals surface area contributed by atoms with Crippen LogP contribution in [-0.4, -0.2) is 20.1 Å². The molecule has 3 aromatic carbocycles. The van der Waals surface area contributed by atoms with Crippen LogP contribution in [-0.2, 0) is 11.4 Å². The molecule has 0 bridgehead atoms. The Balaban J connectivity index is 1.83. The Hall–Kier alpha value is -3.03. The first kappa shape index (κ1) is 25.6. The topological polar surface area (TPSA) is 80.6 Å². The second kappa shape index (κ2) is 11.9. The number of rotatable bonds is 8. The molecule has 0 aromatic heterocycles. The molecule has 0 fully saturated rings. The van der Waals surface area contributed by atoms with Crippen LogP contribution in [0, 0.1) is 21.8 Å². The zero-order valence-electron chi connectivity index (χ0n) is 18.8. The van der Waals surface area contributed by atoms with E-state index < -0.39 is 5.91 Å². The van der Waals surface area contributed by atoms with Crippen molar-refractivity contribution in [2.75, 3.05) is 19.5 Å². The molecule has 0 saturated carbocycles. The lowest BCUT2D eigenvalue weighted by atomic mass is 10.1. The fraction of sp³-hybridized carbons (Fsp3) is 0.154. The molecule has 0 aliphatic carbocycles. The number of nitrogens with one attached hydrogen (secondary N) is 1. The molecule has 0 aliphatic rings. The number of hydrogen-bond acceptors (Lipinski definition) is 5. The highest BCUT2D eigenvalue weighted by atomic mass is 127. The number of halogens is 2. The predicted molar refractivity (Wildman–Crippen MR) is 144 cm³/mol. The van der Waals surface area contributed by atoms with Crippen molar-refractivity contribution in [1.82, 2.24) is 0 Å². The van der Waals surface area contributed by atoms with Crippen molar-refractivity contribution in [3.05, 3.63) is 84.9 Å². The van der Waals surface area contributed by atoms with Gasteiger partial charge >= 0.3 is 0 Å². The SMILES string of the molecule is COc1ccc(C)cc1NC(=O)/C(C#N)=C/c1cc(I)c(OCc2ccc(Br)cc2)c(OC)c1. The molecule has 1 N–H and O–H groups in total. The van der Waals surface area contributed by atoms with Gasteiger partial charge in [-0.05, 0) is 88.7 Å². The summed E-state index contributed by atoms with van der Waals surface area (Å²) in [7, 11) is 3.07. The Morgan fingerprint density at radius 1 is 1.09 bits per heavy atom. The van der Waals surface area contributed by atoms with Gasteiger partial charge in [0.2, 0.25) is 0 Å². The molecule has 174 valence electrons. The summed E-state index contributed by atoms with van der Waals surface area (Å²) in [4.78, 5) is 12.8. The number of hydrogen-bond donors (Lipinski definition) is 1. The normalized spacial score (nSPS) is 10.9. The van der Waals surface area contributed by atoms with Crippen molar-refractivity contribution < 1.29 is 19.0 Å². The lowest BCUT2D eigenvalue weighted by molar-refractivity contribution is -0.112. The molecule has 0 radical (unpaired) electrons. The Bertz CT molecular complexity index is 1270. The van der Waals surface area contributed by atoms with Crippen LogP contribution in [0.2, 0.25) is 0 Å². The van der Waals surface area contributed by atoms with Crippen LogP contribution < -0.4 is 19.5 Å².